The monoisotopic (exact) mass is 368 g/mol. The van der Waals surface area contributed by atoms with Crippen LogP contribution in [-0.4, -0.2) is 44.2 Å². The fourth-order valence-electron chi connectivity index (χ4n) is 2.06. The minimum Gasteiger partial charge on any atom is -0.497 e. The zero-order valence-corrected chi connectivity index (χ0v) is 17.1. The van der Waals surface area contributed by atoms with Crippen molar-refractivity contribution in [2.75, 3.05) is 33.1 Å². The zero-order chi connectivity index (χ0) is 15.5. The summed E-state index contributed by atoms with van der Waals surface area (Å²) in [5, 5.41) is 3.06. The van der Waals surface area contributed by atoms with Crippen LogP contribution in [0.25, 0.3) is 0 Å². The summed E-state index contributed by atoms with van der Waals surface area (Å²) in [5.74, 6) is 0.865. The van der Waals surface area contributed by atoms with Crippen molar-refractivity contribution in [1.29, 1.82) is 0 Å². The predicted molar refractivity (Wildman–Crippen MR) is 83.2 cm³/mol. The van der Waals surface area contributed by atoms with Crippen molar-refractivity contribution in [3.05, 3.63) is 23.3 Å². The average molecular weight is 368 g/mol. The van der Waals surface area contributed by atoms with Gasteiger partial charge in [-0.05, 0) is 51.0 Å². The van der Waals surface area contributed by atoms with Crippen molar-refractivity contribution in [1.82, 2.24) is 0 Å². The van der Waals surface area contributed by atoms with Gasteiger partial charge in [-0.3, -0.25) is 4.79 Å². The molecule has 4 nitrogen and oxygen atoms in total. The number of ether oxygens (including phenoxy) is 1. The van der Waals surface area contributed by atoms with Crippen molar-refractivity contribution >= 4 is 11.6 Å². The van der Waals surface area contributed by atoms with Crippen LogP contribution >= 0.6 is 0 Å². The van der Waals surface area contributed by atoms with Crippen molar-refractivity contribution in [3.8, 4) is 5.75 Å². The van der Waals surface area contributed by atoms with Crippen LogP contribution in [0.1, 0.15) is 25.0 Å². The molecule has 0 aromatic heterocycles. The first-order valence-electron chi connectivity index (χ1n) is 7.01. The molecule has 1 aromatic rings. The van der Waals surface area contributed by atoms with Gasteiger partial charge in [-0.1, -0.05) is 0 Å². The second-order valence-electron chi connectivity index (χ2n) is 5.90. The van der Waals surface area contributed by atoms with E-state index in [9.17, 15) is 4.79 Å². The molecule has 0 aliphatic rings. The number of aryl methyl sites for hydroxylation is 2. The molecule has 0 heterocycles. The molecule has 1 rings (SSSR count). The zero-order valence-electron chi connectivity index (χ0n) is 14.3. The molecule has 1 radical (unpaired) electrons. The van der Waals surface area contributed by atoms with E-state index < -0.39 is 0 Å². The van der Waals surface area contributed by atoms with E-state index in [1.807, 2.05) is 32.9 Å². The smallest absolute Gasteiger partial charge is 0.282 e. The third kappa shape index (κ3) is 5.05. The van der Waals surface area contributed by atoms with Gasteiger partial charge in [0.25, 0.3) is 5.91 Å². The summed E-state index contributed by atoms with van der Waals surface area (Å²) in [6, 6.07) is 3.78. The number of amides is 1. The van der Waals surface area contributed by atoms with E-state index in [1.165, 1.54) is 0 Å². The van der Waals surface area contributed by atoms with E-state index in [0.717, 1.165) is 29.1 Å². The molecule has 115 valence electrons. The second kappa shape index (κ2) is 8.26. The number of hydrogen-bond donors (Lipinski definition) is 1. The second-order valence-corrected chi connectivity index (χ2v) is 5.90. The number of quaternary nitrogens is 1. The summed E-state index contributed by atoms with van der Waals surface area (Å²) < 4.78 is 5.91. The van der Waals surface area contributed by atoms with E-state index >= 15 is 0 Å². The van der Waals surface area contributed by atoms with Crippen molar-refractivity contribution in [3.63, 3.8) is 0 Å². The Balaban J connectivity index is 0.00000400. The van der Waals surface area contributed by atoms with Gasteiger partial charge in [0.1, 0.15) is 5.75 Å². The largest absolute Gasteiger partial charge is 0.497 e. The summed E-state index contributed by atoms with van der Waals surface area (Å²) in [4.78, 5) is 12.4. The Hall–Kier alpha value is -0.446. The maximum Gasteiger partial charge on any atom is 0.282 e. The van der Waals surface area contributed by atoms with Gasteiger partial charge in [0, 0.05) is 38.4 Å². The molecule has 0 saturated heterocycles. The molecular weight excluding hydrogens is 341 g/mol. The Bertz CT molecular complexity index is 478. The number of carbonyl (C=O) groups is 1. The quantitative estimate of drug-likeness (QED) is 0.812. The molecule has 0 fully saturated rings. The van der Waals surface area contributed by atoms with Gasteiger partial charge in [0.2, 0.25) is 0 Å². The summed E-state index contributed by atoms with van der Waals surface area (Å²) in [7, 11) is 5.78. The molecule has 1 unspecified atom stereocenters. The minimum atomic E-state index is -0.0964. The molecule has 0 saturated carbocycles. The van der Waals surface area contributed by atoms with E-state index in [2.05, 4.69) is 26.3 Å². The molecule has 0 bridgehead atoms. The first kappa shape index (κ1) is 20.6. The van der Waals surface area contributed by atoms with E-state index in [1.54, 1.807) is 7.11 Å². The summed E-state index contributed by atoms with van der Waals surface area (Å²) in [6.45, 7) is 8.93. The Morgan fingerprint density at radius 1 is 1.29 bits per heavy atom. The summed E-state index contributed by atoms with van der Waals surface area (Å²) >= 11 is 0. The van der Waals surface area contributed by atoms with Gasteiger partial charge in [-0.15, -0.1) is 0 Å². The van der Waals surface area contributed by atoms with Gasteiger partial charge in [0.15, 0.2) is 6.04 Å². The third-order valence-electron chi connectivity index (χ3n) is 4.23. The van der Waals surface area contributed by atoms with E-state index in [4.69, 9.17) is 4.74 Å². The van der Waals surface area contributed by atoms with Crippen LogP contribution in [0, 0.1) is 13.8 Å². The first-order valence-corrected chi connectivity index (χ1v) is 7.01. The summed E-state index contributed by atoms with van der Waals surface area (Å²) in [6.07, 6.45) is 0. The number of anilines is 1. The maximum atomic E-state index is 12.4. The van der Waals surface area contributed by atoms with Crippen molar-refractivity contribution in [2.45, 2.75) is 33.7 Å². The summed E-state index contributed by atoms with van der Waals surface area (Å²) in [5.41, 5.74) is 2.92. The standard InChI is InChI=1S/C16H26N2O2.Y/c1-8-18(5,6)13(4)16(19)17-15-11(2)9-14(20-7)10-12(15)3;/h9-10,13H,8H2,1-7H3;/p+1. The number of carbonyl (C=O) groups excluding carboxylic acids is 1. The molecule has 0 aliphatic heterocycles. The average Bonchev–Trinajstić information content (AvgIpc) is 2.41. The Morgan fingerprint density at radius 2 is 1.76 bits per heavy atom. The number of benzene rings is 1. The number of methoxy groups -OCH3 is 1. The van der Waals surface area contributed by atoms with Crippen LogP contribution in [0.2, 0.25) is 0 Å². The molecule has 1 N–H and O–H groups in total. The maximum absolute atomic E-state index is 12.4. The van der Waals surface area contributed by atoms with Gasteiger partial charge >= 0.3 is 0 Å². The Morgan fingerprint density at radius 3 is 2.14 bits per heavy atom. The SMILES string of the molecule is CC[N+](C)(C)C(C)C(=O)Nc1c(C)cc(OC)cc1C.[Y]. The van der Waals surface area contributed by atoms with Crippen LogP contribution in [0.3, 0.4) is 0 Å². The van der Waals surface area contributed by atoms with E-state index in [0.29, 0.717) is 4.48 Å². The fourth-order valence-corrected chi connectivity index (χ4v) is 2.06. The molecule has 21 heavy (non-hydrogen) atoms. The molecule has 1 aromatic carbocycles. The molecule has 0 spiro atoms. The number of hydrogen-bond acceptors (Lipinski definition) is 2. The topological polar surface area (TPSA) is 38.3 Å². The van der Waals surface area contributed by atoms with Crippen molar-refractivity contribution in [2.24, 2.45) is 0 Å². The predicted octanol–water partition coefficient (Wildman–Crippen LogP) is 2.73. The fraction of sp³-hybridized carbons (Fsp3) is 0.562. The number of nitrogens with one attached hydrogen (secondary N) is 1. The minimum absolute atomic E-state index is 0. The van der Waals surface area contributed by atoms with Gasteiger partial charge in [-0.25, -0.2) is 0 Å². The van der Waals surface area contributed by atoms with Crippen LogP contribution in [0.5, 0.6) is 5.75 Å². The van der Waals surface area contributed by atoms with Crippen LogP contribution in [-0.2, 0) is 37.5 Å². The number of likely N-dealkylation sites (N-methyl/N-ethyl adjacent to an activating group) is 1. The van der Waals surface area contributed by atoms with Gasteiger partial charge in [0.05, 0.1) is 27.7 Å². The van der Waals surface area contributed by atoms with Gasteiger partial charge < -0.3 is 14.5 Å². The molecular formula is C16H27N2O2Y+. The van der Waals surface area contributed by atoms with Crippen molar-refractivity contribution < 1.29 is 46.7 Å². The van der Waals surface area contributed by atoms with Crippen LogP contribution in [0.15, 0.2) is 12.1 Å². The molecule has 1 atom stereocenters. The Labute approximate surface area is 153 Å². The molecule has 1 amide bonds. The Kier molecular flexibility index (Phi) is 8.08. The van der Waals surface area contributed by atoms with Crippen LogP contribution in [0.4, 0.5) is 5.69 Å². The first-order chi connectivity index (χ1) is 9.22. The number of rotatable bonds is 5. The normalized spacial score (nSPS) is 12.3. The van der Waals surface area contributed by atoms with E-state index in [-0.39, 0.29) is 44.7 Å². The number of nitrogens with zero attached hydrogens (tertiary/aromatic N) is 1. The third-order valence-corrected chi connectivity index (χ3v) is 4.23. The van der Waals surface area contributed by atoms with Crippen LogP contribution < -0.4 is 10.1 Å². The molecule has 0 aliphatic carbocycles. The van der Waals surface area contributed by atoms with Gasteiger partial charge in [-0.2, -0.15) is 0 Å². The molecule has 5 heteroatoms.